The number of rotatable bonds is 12. The third-order valence-electron chi connectivity index (χ3n) is 8.12. The van der Waals surface area contributed by atoms with Crippen molar-refractivity contribution in [3.8, 4) is 11.5 Å². The van der Waals surface area contributed by atoms with Crippen LogP contribution in [0.15, 0.2) is 42.2 Å². The van der Waals surface area contributed by atoms with Crippen LogP contribution < -0.4 is 9.47 Å². The van der Waals surface area contributed by atoms with Crippen molar-refractivity contribution in [3.63, 3.8) is 0 Å². The smallest absolute Gasteiger partial charge is 0.147 e. The van der Waals surface area contributed by atoms with Crippen LogP contribution >= 0.6 is 63.7 Å². The molecule has 2 aromatic carbocycles. The molecule has 2 N–H and O–H groups in total. The largest absolute Gasteiger partial charge is 0.488 e. The highest BCUT2D eigenvalue weighted by molar-refractivity contribution is 9.11. The second-order valence-electron chi connectivity index (χ2n) is 11.8. The monoisotopic (exact) mass is 822 g/mol. The summed E-state index contributed by atoms with van der Waals surface area (Å²) < 4.78 is 15.5. The number of aliphatic hydroxyl groups excluding tert-OH is 2. The molecule has 0 radical (unpaired) electrons. The Morgan fingerprint density at radius 3 is 1.27 bits per heavy atom. The normalized spacial score (nSPS) is 18.7. The number of aliphatic hydroxyl groups is 2. The molecule has 41 heavy (non-hydrogen) atoms. The average Bonchev–Trinajstić information content (AvgIpc) is 2.93. The highest BCUT2D eigenvalue weighted by Crippen LogP contribution is 2.44. The maximum absolute atomic E-state index is 10.6. The summed E-state index contributed by atoms with van der Waals surface area (Å²) in [5, 5.41) is 21.1. The molecule has 2 aliphatic rings. The molecule has 2 saturated heterocycles. The summed E-state index contributed by atoms with van der Waals surface area (Å²) in [7, 11) is 0. The maximum Gasteiger partial charge on any atom is 0.147 e. The van der Waals surface area contributed by atoms with E-state index in [4.69, 9.17) is 9.47 Å². The number of hydrogen-bond donors (Lipinski definition) is 2. The van der Waals surface area contributed by atoms with Crippen LogP contribution in [-0.4, -0.2) is 84.7 Å². The second kappa shape index (κ2) is 15.7. The van der Waals surface area contributed by atoms with Gasteiger partial charge in [-0.15, -0.1) is 0 Å². The van der Waals surface area contributed by atoms with Crippen LogP contribution in [0.4, 0.5) is 0 Å². The van der Waals surface area contributed by atoms with Gasteiger partial charge in [0.05, 0.1) is 17.9 Å². The average molecular weight is 826 g/mol. The van der Waals surface area contributed by atoms with E-state index in [9.17, 15) is 10.2 Å². The number of ether oxygens (including phenoxy) is 2. The van der Waals surface area contributed by atoms with Crippen LogP contribution in [0.3, 0.4) is 0 Å². The van der Waals surface area contributed by atoms with Crippen molar-refractivity contribution < 1.29 is 19.7 Å². The third kappa shape index (κ3) is 9.40. The summed E-state index contributed by atoms with van der Waals surface area (Å²) in [6, 6.07) is 8.33. The van der Waals surface area contributed by atoms with Crippen LogP contribution in [0.25, 0.3) is 0 Å². The maximum atomic E-state index is 10.6. The Kier molecular flexibility index (Phi) is 12.9. The number of benzene rings is 2. The Labute approximate surface area is 278 Å². The van der Waals surface area contributed by atoms with Gasteiger partial charge in [0.1, 0.15) is 36.9 Å². The van der Waals surface area contributed by atoms with Gasteiger partial charge < -0.3 is 29.5 Å². The quantitative estimate of drug-likeness (QED) is 0.231. The van der Waals surface area contributed by atoms with Gasteiger partial charge in [-0.1, -0.05) is 26.7 Å². The van der Waals surface area contributed by atoms with Gasteiger partial charge in [-0.3, -0.25) is 0 Å². The minimum atomic E-state index is -0.538. The Morgan fingerprint density at radius 1 is 0.634 bits per heavy atom. The fraction of sp³-hybridized carbons (Fsp3) is 0.613. The van der Waals surface area contributed by atoms with E-state index in [-0.39, 0.29) is 18.6 Å². The van der Waals surface area contributed by atoms with Gasteiger partial charge in [0.2, 0.25) is 0 Å². The number of piperidine rings is 2. The Morgan fingerprint density at radius 2 is 0.951 bits per heavy atom. The van der Waals surface area contributed by atoms with Gasteiger partial charge in [-0.25, -0.2) is 0 Å². The molecule has 4 rings (SSSR count). The first-order valence-electron chi connectivity index (χ1n) is 14.6. The van der Waals surface area contributed by atoms with E-state index < -0.39 is 12.2 Å². The van der Waals surface area contributed by atoms with E-state index in [2.05, 4.69) is 112 Å². The molecule has 2 fully saturated rings. The SMILES string of the molecule is CC(C)(c1cc(Br)c(OC[C@@H](O)CN2CCCCC2)c(Br)c1)c1cc(Br)c(OC[C@@H](O)CN2CCCCC2)c(Br)c1. The van der Waals surface area contributed by atoms with Gasteiger partial charge in [-0.05, 0) is 151 Å². The van der Waals surface area contributed by atoms with Gasteiger partial charge in [-0.2, -0.15) is 0 Å². The van der Waals surface area contributed by atoms with Crippen molar-refractivity contribution in [2.45, 2.75) is 70.0 Å². The van der Waals surface area contributed by atoms with E-state index in [1.165, 1.54) is 38.5 Å². The Hall–Kier alpha value is -0.200. The number of halogens is 4. The fourth-order valence-corrected chi connectivity index (χ4v) is 8.46. The Bertz CT molecular complexity index is 1020. The molecule has 228 valence electrons. The number of likely N-dealkylation sites (tertiary alicyclic amines) is 2. The highest BCUT2D eigenvalue weighted by Gasteiger charge is 2.28. The van der Waals surface area contributed by atoms with Crippen molar-refractivity contribution in [2.24, 2.45) is 0 Å². The van der Waals surface area contributed by atoms with Crippen LogP contribution in [0.5, 0.6) is 11.5 Å². The van der Waals surface area contributed by atoms with E-state index in [0.29, 0.717) is 24.6 Å². The zero-order valence-electron chi connectivity index (χ0n) is 24.0. The molecule has 2 aromatic rings. The summed E-state index contributed by atoms with van der Waals surface area (Å²) in [6.45, 7) is 10.3. The molecule has 0 amide bonds. The summed E-state index contributed by atoms with van der Waals surface area (Å²) >= 11 is 14.8. The van der Waals surface area contributed by atoms with E-state index in [1.54, 1.807) is 0 Å². The van der Waals surface area contributed by atoms with Crippen LogP contribution in [-0.2, 0) is 5.41 Å². The topological polar surface area (TPSA) is 65.4 Å². The van der Waals surface area contributed by atoms with Crippen molar-refractivity contribution >= 4 is 63.7 Å². The molecule has 0 unspecified atom stereocenters. The lowest BCUT2D eigenvalue weighted by Crippen LogP contribution is -2.38. The molecule has 0 aliphatic carbocycles. The summed E-state index contributed by atoms with van der Waals surface area (Å²) in [5.74, 6) is 1.38. The standard InChI is InChI=1S/C31H42Br4N2O4/c1-31(2,21-13-25(32)29(26(33)14-21)40-19-23(38)17-36-9-5-3-6-10-36)22-15-27(34)30(28(35)16-22)41-20-24(39)18-37-11-7-4-8-12-37/h13-16,23-24,38-39H,3-12,17-20H2,1-2H3/t23-,24-/m0/s1. The van der Waals surface area contributed by atoms with E-state index in [1.807, 2.05) is 0 Å². The zero-order valence-corrected chi connectivity index (χ0v) is 30.3. The lowest BCUT2D eigenvalue weighted by atomic mass is 9.78. The molecular formula is C31H42Br4N2O4. The van der Waals surface area contributed by atoms with E-state index in [0.717, 1.165) is 55.2 Å². The molecule has 0 bridgehead atoms. The van der Waals surface area contributed by atoms with Gasteiger partial charge >= 0.3 is 0 Å². The second-order valence-corrected chi connectivity index (χ2v) is 15.2. The lowest BCUT2D eigenvalue weighted by Gasteiger charge is -2.30. The lowest BCUT2D eigenvalue weighted by molar-refractivity contribution is 0.0611. The van der Waals surface area contributed by atoms with E-state index >= 15 is 0 Å². The van der Waals surface area contributed by atoms with Crippen molar-refractivity contribution in [1.29, 1.82) is 0 Å². The van der Waals surface area contributed by atoms with Gasteiger partial charge in [0, 0.05) is 18.5 Å². The predicted molar refractivity (Wildman–Crippen MR) is 179 cm³/mol. The molecule has 2 aliphatic heterocycles. The zero-order chi connectivity index (χ0) is 29.6. The fourth-order valence-electron chi connectivity index (χ4n) is 5.63. The molecule has 2 atom stereocenters. The first-order chi connectivity index (χ1) is 19.5. The molecule has 0 saturated carbocycles. The highest BCUT2D eigenvalue weighted by atomic mass is 79.9. The van der Waals surface area contributed by atoms with Crippen LogP contribution in [0.1, 0.15) is 63.5 Å². The summed E-state index contributed by atoms with van der Waals surface area (Å²) in [6.07, 6.45) is 6.29. The predicted octanol–water partition coefficient (Wildman–Crippen LogP) is 7.51. The molecule has 0 aromatic heterocycles. The first kappa shape index (κ1) is 33.7. The van der Waals surface area contributed by atoms with Crippen molar-refractivity contribution in [1.82, 2.24) is 9.80 Å². The van der Waals surface area contributed by atoms with Crippen LogP contribution in [0.2, 0.25) is 0 Å². The summed E-state index contributed by atoms with van der Waals surface area (Å²) in [5.41, 5.74) is 1.86. The molecule has 10 heteroatoms. The Balaban J connectivity index is 1.40. The van der Waals surface area contributed by atoms with Crippen molar-refractivity contribution in [2.75, 3.05) is 52.5 Å². The van der Waals surface area contributed by atoms with Crippen LogP contribution in [0, 0.1) is 0 Å². The minimum Gasteiger partial charge on any atom is -0.488 e. The third-order valence-corrected chi connectivity index (χ3v) is 10.5. The van der Waals surface area contributed by atoms with Crippen molar-refractivity contribution in [3.05, 3.63) is 53.3 Å². The molecular weight excluding hydrogens is 784 g/mol. The van der Waals surface area contributed by atoms with Gasteiger partial charge in [0.15, 0.2) is 0 Å². The summed E-state index contributed by atoms with van der Waals surface area (Å²) in [4.78, 5) is 4.63. The minimum absolute atomic E-state index is 0.241. The molecule has 0 spiro atoms. The number of β-amino-alcohol motifs (C(OH)–C–C–N with tert-alkyl or cyclic N) is 2. The number of nitrogens with zero attached hydrogens (tertiary/aromatic N) is 2. The molecule has 2 heterocycles. The molecule has 6 nitrogen and oxygen atoms in total. The number of hydrogen-bond acceptors (Lipinski definition) is 6. The first-order valence-corrected chi connectivity index (χ1v) is 17.8. The van der Waals surface area contributed by atoms with Gasteiger partial charge in [0.25, 0.3) is 0 Å².